The molecule has 1 fully saturated rings. The number of aliphatic imine (C=N–C) groups is 1. The Bertz CT molecular complexity index is 1680. The number of alkyl halides is 3. The largest absolute Gasteiger partial charge is 0.573 e. The molecule has 4 aromatic rings. The lowest BCUT2D eigenvalue weighted by Gasteiger charge is -2.23. The van der Waals surface area contributed by atoms with Crippen LogP contribution < -0.4 is 15.0 Å². The van der Waals surface area contributed by atoms with E-state index in [1.54, 1.807) is 24.3 Å². The molecular formula is C31H28F3N7O2S. The standard InChI is InChI=1S/C31H28F3N7O2S/c1-20(2)26-5-3-4-6-27(26)40-15-16-44-30(40)38-29(42)36-18-23(17-35)21-7-9-22(10-8-21)28-37-19-41(39-28)24-11-13-25(14-12-24)43-31(32,33)34/h3-14,19-20,23H,15-16,18H2,1-2H3,(H,36,42). The normalized spacial score (nSPS) is 14.9. The number of para-hydroxylation sites is 1. The van der Waals surface area contributed by atoms with Crippen LogP contribution in [-0.4, -0.2) is 51.2 Å². The van der Waals surface area contributed by atoms with Gasteiger partial charge in [-0.05, 0) is 47.4 Å². The van der Waals surface area contributed by atoms with Crippen LogP contribution in [0.15, 0.2) is 84.1 Å². The molecule has 1 aliphatic rings. The van der Waals surface area contributed by atoms with Crippen molar-refractivity contribution in [3.63, 3.8) is 0 Å². The molecule has 13 heteroatoms. The van der Waals surface area contributed by atoms with E-state index in [2.05, 4.69) is 56.0 Å². The number of ether oxygens (including phenoxy) is 1. The van der Waals surface area contributed by atoms with Crippen molar-refractivity contribution < 1.29 is 22.7 Å². The van der Waals surface area contributed by atoms with E-state index in [4.69, 9.17) is 0 Å². The smallest absolute Gasteiger partial charge is 0.406 e. The minimum absolute atomic E-state index is 0.0830. The predicted octanol–water partition coefficient (Wildman–Crippen LogP) is 6.88. The number of amides is 2. The van der Waals surface area contributed by atoms with Gasteiger partial charge in [0.05, 0.1) is 17.7 Å². The Hall–Kier alpha value is -4.83. The summed E-state index contributed by atoms with van der Waals surface area (Å²) in [4.78, 5) is 23.4. The van der Waals surface area contributed by atoms with Gasteiger partial charge in [-0.3, -0.25) is 0 Å². The first-order valence-corrected chi connectivity index (χ1v) is 14.7. The molecule has 226 valence electrons. The molecule has 1 atom stereocenters. The third-order valence-electron chi connectivity index (χ3n) is 6.83. The number of benzene rings is 3. The van der Waals surface area contributed by atoms with Gasteiger partial charge in [-0.1, -0.05) is 68.1 Å². The van der Waals surface area contributed by atoms with E-state index in [0.29, 0.717) is 33.7 Å². The van der Waals surface area contributed by atoms with Gasteiger partial charge in [-0.2, -0.15) is 10.3 Å². The van der Waals surface area contributed by atoms with Crippen molar-refractivity contribution in [2.45, 2.75) is 32.0 Å². The Balaban J connectivity index is 1.21. The highest BCUT2D eigenvalue weighted by Gasteiger charge is 2.31. The minimum Gasteiger partial charge on any atom is -0.406 e. The number of carbonyl (C=O) groups excluding carboxylic acids is 1. The Labute approximate surface area is 256 Å². The number of thioether (sulfide) groups is 1. The van der Waals surface area contributed by atoms with Crippen molar-refractivity contribution in [3.8, 4) is 28.9 Å². The fourth-order valence-electron chi connectivity index (χ4n) is 4.68. The van der Waals surface area contributed by atoms with Gasteiger partial charge in [0.1, 0.15) is 12.1 Å². The van der Waals surface area contributed by atoms with E-state index in [1.807, 2.05) is 18.2 Å². The summed E-state index contributed by atoms with van der Waals surface area (Å²) in [6.07, 6.45) is -3.32. The summed E-state index contributed by atoms with van der Waals surface area (Å²) >= 11 is 1.52. The molecule has 1 aliphatic heterocycles. The highest BCUT2D eigenvalue weighted by atomic mass is 32.2. The molecule has 44 heavy (non-hydrogen) atoms. The molecule has 0 bridgehead atoms. The second kappa shape index (κ2) is 13.2. The van der Waals surface area contributed by atoms with Gasteiger partial charge in [-0.15, -0.1) is 18.3 Å². The molecule has 1 N–H and O–H groups in total. The fourth-order valence-corrected chi connectivity index (χ4v) is 5.63. The Morgan fingerprint density at radius 2 is 1.84 bits per heavy atom. The molecule has 1 unspecified atom stereocenters. The molecule has 0 saturated carbocycles. The van der Waals surface area contributed by atoms with Crippen LogP contribution in [0.3, 0.4) is 0 Å². The van der Waals surface area contributed by atoms with Crippen LogP contribution in [0.1, 0.15) is 36.8 Å². The maximum Gasteiger partial charge on any atom is 0.573 e. The van der Waals surface area contributed by atoms with Crippen molar-refractivity contribution in [2.24, 2.45) is 4.99 Å². The number of halogens is 3. The number of hydrogen-bond donors (Lipinski definition) is 1. The van der Waals surface area contributed by atoms with Crippen molar-refractivity contribution in [1.82, 2.24) is 20.1 Å². The minimum atomic E-state index is -4.77. The van der Waals surface area contributed by atoms with E-state index in [0.717, 1.165) is 18.0 Å². The predicted molar refractivity (Wildman–Crippen MR) is 163 cm³/mol. The number of urea groups is 1. The molecular weight excluding hydrogens is 591 g/mol. The molecule has 1 aromatic heterocycles. The molecule has 2 amide bonds. The first kappa shape index (κ1) is 30.6. The lowest BCUT2D eigenvalue weighted by atomic mass is 9.99. The highest BCUT2D eigenvalue weighted by Crippen LogP contribution is 2.32. The van der Waals surface area contributed by atoms with Crippen LogP contribution in [-0.2, 0) is 0 Å². The van der Waals surface area contributed by atoms with Crippen LogP contribution in [0.25, 0.3) is 17.1 Å². The second-order valence-corrected chi connectivity index (χ2v) is 11.2. The van der Waals surface area contributed by atoms with Crippen LogP contribution in [0, 0.1) is 11.3 Å². The molecule has 2 heterocycles. The number of nitrogens with one attached hydrogen (secondary N) is 1. The maximum absolute atomic E-state index is 12.8. The number of hydrogen-bond acceptors (Lipinski definition) is 6. The summed E-state index contributed by atoms with van der Waals surface area (Å²) in [7, 11) is 0. The van der Waals surface area contributed by atoms with Crippen LogP contribution in [0.5, 0.6) is 5.75 Å². The summed E-state index contributed by atoms with van der Waals surface area (Å²) < 4.78 is 42.6. The summed E-state index contributed by atoms with van der Waals surface area (Å²) in [5, 5.41) is 17.6. The molecule has 3 aromatic carbocycles. The number of nitriles is 1. The van der Waals surface area contributed by atoms with E-state index in [1.165, 1.54) is 52.6 Å². The lowest BCUT2D eigenvalue weighted by Crippen LogP contribution is -2.30. The summed E-state index contributed by atoms with van der Waals surface area (Å²) in [6, 6.07) is 22.2. The zero-order chi connectivity index (χ0) is 31.3. The highest BCUT2D eigenvalue weighted by molar-refractivity contribution is 8.14. The van der Waals surface area contributed by atoms with Crippen LogP contribution in [0.2, 0.25) is 0 Å². The molecule has 5 rings (SSSR count). The molecule has 0 radical (unpaired) electrons. The quantitative estimate of drug-likeness (QED) is 0.229. The first-order chi connectivity index (χ1) is 21.1. The van der Waals surface area contributed by atoms with Crippen molar-refractivity contribution in [1.29, 1.82) is 5.26 Å². The summed E-state index contributed by atoms with van der Waals surface area (Å²) in [5.74, 6) is 0.595. The SMILES string of the molecule is CC(C)c1ccccc1N1CCSC1=NC(=O)NCC(C#N)c1ccc(-c2ncn(-c3ccc(OC(F)(F)F)cc3)n2)cc1. The molecule has 0 spiro atoms. The molecule has 9 nitrogen and oxygen atoms in total. The lowest BCUT2D eigenvalue weighted by molar-refractivity contribution is -0.274. The zero-order valence-electron chi connectivity index (χ0n) is 23.8. The topological polar surface area (TPSA) is 108 Å². The third kappa shape index (κ3) is 7.38. The summed E-state index contributed by atoms with van der Waals surface area (Å²) in [6.45, 7) is 5.10. The van der Waals surface area contributed by atoms with Gasteiger partial charge < -0.3 is 15.0 Å². The molecule has 0 aliphatic carbocycles. The Morgan fingerprint density at radius 1 is 1.11 bits per heavy atom. The summed E-state index contributed by atoms with van der Waals surface area (Å²) in [5.41, 5.74) is 4.11. The Kier molecular flexibility index (Phi) is 9.20. The van der Waals surface area contributed by atoms with Crippen molar-refractivity contribution in [3.05, 3.63) is 90.3 Å². The maximum atomic E-state index is 12.8. The van der Waals surface area contributed by atoms with E-state index >= 15 is 0 Å². The van der Waals surface area contributed by atoms with E-state index < -0.39 is 18.3 Å². The average molecular weight is 620 g/mol. The number of nitrogens with zero attached hydrogens (tertiary/aromatic N) is 6. The van der Waals surface area contributed by atoms with Crippen molar-refractivity contribution in [2.75, 3.05) is 23.7 Å². The Morgan fingerprint density at radius 3 is 2.52 bits per heavy atom. The number of carbonyl (C=O) groups is 1. The van der Waals surface area contributed by atoms with E-state index in [9.17, 15) is 23.2 Å². The first-order valence-electron chi connectivity index (χ1n) is 13.7. The van der Waals surface area contributed by atoms with Gasteiger partial charge >= 0.3 is 12.4 Å². The van der Waals surface area contributed by atoms with Crippen molar-refractivity contribution >= 4 is 28.6 Å². The second-order valence-electron chi connectivity index (χ2n) is 10.2. The number of aromatic nitrogens is 3. The third-order valence-corrected chi connectivity index (χ3v) is 7.79. The number of amidine groups is 1. The van der Waals surface area contributed by atoms with Gasteiger partial charge in [0, 0.05) is 30.1 Å². The van der Waals surface area contributed by atoms with E-state index in [-0.39, 0.29) is 12.3 Å². The van der Waals surface area contributed by atoms with Gasteiger partial charge in [0.2, 0.25) is 0 Å². The van der Waals surface area contributed by atoms with Gasteiger partial charge in [-0.25, -0.2) is 14.5 Å². The van der Waals surface area contributed by atoms with Crippen LogP contribution >= 0.6 is 11.8 Å². The van der Waals surface area contributed by atoms with Gasteiger partial charge in [0.25, 0.3) is 0 Å². The van der Waals surface area contributed by atoms with Crippen LogP contribution in [0.4, 0.5) is 23.7 Å². The monoisotopic (exact) mass is 619 g/mol. The number of anilines is 1. The fraction of sp³-hybridized carbons (Fsp3) is 0.258. The average Bonchev–Trinajstić information content (AvgIpc) is 3.68. The van der Waals surface area contributed by atoms with Gasteiger partial charge in [0.15, 0.2) is 11.0 Å². The molecule has 1 saturated heterocycles. The number of rotatable bonds is 8. The zero-order valence-corrected chi connectivity index (χ0v) is 24.6.